The first-order chi connectivity index (χ1) is 7.63. The Balaban J connectivity index is 0.000000673. The molecule has 0 spiro atoms. The standard InChI is InChI=1S/C13H18.C3H8/c1-4-5-12(3)10-13-8-6-11(2)7-9-13;1-3-2/h6-10H,4-5H2,1-3H3;3H2,1-2H3/b12-10-;. The Kier molecular flexibility index (Phi) is 8.61. The number of allylic oxidation sites excluding steroid dienone is 1. The van der Waals surface area contributed by atoms with Gasteiger partial charge in [0.1, 0.15) is 0 Å². The van der Waals surface area contributed by atoms with Crippen molar-refractivity contribution in [3.8, 4) is 0 Å². The van der Waals surface area contributed by atoms with Crippen LogP contribution in [0.15, 0.2) is 29.8 Å². The van der Waals surface area contributed by atoms with E-state index in [0.717, 1.165) is 0 Å². The molecular formula is C16H26. The van der Waals surface area contributed by atoms with E-state index < -0.39 is 0 Å². The maximum atomic E-state index is 2.27. The molecule has 0 nitrogen and oxygen atoms in total. The van der Waals surface area contributed by atoms with Crippen molar-refractivity contribution in [1.29, 1.82) is 0 Å². The van der Waals surface area contributed by atoms with E-state index in [9.17, 15) is 0 Å². The second kappa shape index (κ2) is 9.21. The van der Waals surface area contributed by atoms with Crippen LogP contribution in [0.4, 0.5) is 0 Å². The summed E-state index contributed by atoms with van der Waals surface area (Å²) in [4.78, 5) is 0. The van der Waals surface area contributed by atoms with Crippen LogP contribution >= 0.6 is 0 Å². The molecule has 16 heavy (non-hydrogen) atoms. The summed E-state index contributed by atoms with van der Waals surface area (Å²) in [6.07, 6.45) is 5.95. The minimum absolute atomic E-state index is 1.20. The van der Waals surface area contributed by atoms with E-state index in [1.165, 1.54) is 36.0 Å². The van der Waals surface area contributed by atoms with Crippen molar-refractivity contribution in [2.24, 2.45) is 0 Å². The fraction of sp³-hybridized carbons (Fsp3) is 0.500. The molecule has 0 saturated heterocycles. The zero-order chi connectivity index (χ0) is 12.4. The van der Waals surface area contributed by atoms with Crippen LogP contribution in [-0.4, -0.2) is 0 Å². The van der Waals surface area contributed by atoms with E-state index in [0.29, 0.717) is 0 Å². The van der Waals surface area contributed by atoms with Crippen molar-refractivity contribution in [3.63, 3.8) is 0 Å². The molecule has 0 aromatic heterocycles. The molecule has 0 aliphatic carbocycles. The largest absolute Gasteiger partial charge is 0.0727 e. The van der Waals surface area contributed by atoms with Crippen LogP contribution in [0, 0.1) is 6.92 Å². The average Bonchev–Trinajstić information content (AvgIpc) is 2.23. The van der Waals surface area contributed by atoms with Gasteiger partial charge in [-0.3, -0.25) is 0 Å². The highest BCUT2D eigenvalue weighted by molar-refractivity contribution is 5.52. The van der Waals surface area contributed by atoms with Crippen LogP contribution in [0.5, 0.6) is 0 Å². The third-order valence-corrected chi connectivity index (χ3v) is 2.13. The van der Waals surface area contributed by atoms with Gasteiger partial charge in [-0.15, -0.1) is 0 Å². The van der Waals surface area contributed by atoms with Crippen molar-refractivity contribution >= 4 is 6.08 Å². The smallest absolute Gasteiger partial charge is 0.0257 e. The summed E-state index contributed by atoms with van der Waals surface area (Å²) in [6.45, 7) is 10.8. The monoisotopic (exact) mass is 218 g/mol. The average molecular weight is 218 g/mol. The Morgan fingerprint density at radius 3 is 2.00 bits per heavy atom. The van der Waals surface area contributed by atoms with Crippen LogP contribution in [0.1, 0.15) is 58.1 Å². The van der Waals surface area contributed by atoms with Gasteiger partial charge in [0.2, 0.25) is 0 Å². The molecule has 1 rings (SSSR count). The van der Waals surface area contributed by atoms with Gasteiger partial charge in [0.15, 0.2) is 0 Å². The van der Waals surface area contributed by atoms with Crippen molar-refractivity contribution in [2.45, 2.75) is 53.9 Å². The van der Waals surface area contributed by atoms with Crippen molar-refractivity contribution in [2.75, 3.05) is 0 Å². The van der Waals surface area contributed by atoms with Gasteiger partial charge in [0.25, 0.3) is 0 Å². The van der Waals surface area contributed by atoms with Gasteiger partial charge in [-0.2, -0.15) is 0 Å². The SMILES string of the molecule is CCC.CCC/C(C)=C\c1ccc(C)cc1. The molecule has 0 N–H and O–H groups in total. The second-order valence-electron chi connectivity index (χ2n) is 4.36. The lowest BCUT2D eigenvalue weighted by atomic mass is 10.1. The maximum absolute atomic E-state index is 2.27. The molecule has 0 unspecified atom stereocenters. The summed E-state index contributed by atoms with van der Waals surface area (Å²) in [5.41, 5.74) is 4.10. The summed E-state index contributed by atoms with van der Waals surface area (Å²) < 4.78 is 0. The predicted octanol–water partition coefficient (Wildman–Crippen LogP) is 5.61. The zero-order valence-electron chi connectivity index (χ0n) is 11.5. The summed E-state index contributed by atoms with van der Waals surface area (Å²) in [6, 6.07) is 8.67. The minimum Gasteiger partial charge on any atom is -0.0727 e. The van der Waals surface area contributed by atoms with Crippen LogP contribution in [-0.2, 0) is 0 Å². The van der Waals surface area contributed by atoms with E-state index in [2.05, 4.69) is 65.0 Å². The number of aryl methyl sites for hydroxylation is 1. The van der Waals surface area contributed by atoms with Crippen molar-refractivity contribution in [1.82, 2.24) is 0 Å². The molecule has 0 aliphatic heterocycles. The highest BCUT2D eigenvalue weighted by Gasteiger charge is 1.90. The predicted molar refractivity (Wildman–Crippen MR) is 75.7 cm³/mol. The number of hydrogen-bond acceptors (Lipinski definition) is 0. The Hall–Kier alpha value is -1.04. The summed E-state index contributed by atoms with van der Waals surface area (Å²) in [5, 5.41) is 0. The van der Waals surface area contributed by atoms with Crippen LogP contribution < -0.4 is 0 Å². The Morgan fingerprint density at radius 2 is 1.56 bits per heavy atom. The molecule has 0 bridgehead atoms. The Morgan fingerprint density at radius 1 is 1.06 bits per heavy atom. The van der Waals surface area contributed by atoms with E-state index in [1.54, 1.807) is 0 Å². The van der Waals surface area contributed by atoms with Crippen molar-refractivity contribution < 1.29 is 0 Å². The van der Waals surface area contributed by atoms with Gasteiger partial charge in [0, 0.05) is 0 Å². The lowest BCUT2D eigenvalue weighted by Gasteiger charge is -1.99. The molecule has 0 aliphatic rings. The molecule has 0 heterocycles. The molecule has 90 valence electrons. The molecule has 0 saturated carbocycles. The first kappa shape index (κ1) is 15.0. The van der Waals surface area contributed by atoms with Crippen molar-refractivity contribution in [3.05, 3.63) is 41.0 Å². The van der Waals surface area contributed by atoms with E-state index in [-0.39, 0.29) is 0 Å². The molecule has 1 aromatic carbocycles. The van der Waals surface area contributed by atoms with Gasteiger partial charge in [0.05, 0.1) is 0 Å². The Bertz CT molecular complexity index is 290. The Labute approximate surface area is 101 Å². The molecule has 1 aromatic rings. The molecular weight excluding hydrogens is 192 g/mol. The lowest BCUT2D eigenvalue weighted by Crippen LogP contribution is -1.78. The zero-order valence-corrected chi connectivity index (χ0v) is 11.5. The van der Waals surface area contributed by atoms with Crippen LogP contribution in [0.25, 0.3) is 6.08 Å². The van der Waals surface area contributed by atoms with Crippen LogP contribution in [0.2, 0.25) is 0 Å². The second-order valence-corrected chi connectivity index (χ2v) is 4.36. The van der Waals surface area contributed by atoms with Gasteiger partial charge >= 0.3 is 0 Å². The summed E-state index contributed by atoms with van der Waals surface area (Å²) in [5.74, 6) is 0. The molecule has 0 amide bonds. The van der Waals surface area contributed by atoms with Gasteiger partial charge in [-0.05, 0) is 25.8 Å². The van der Waals surface area contributed by atoms with E-state index >= 15 is 0 Å². The third kappa shape index (κ3) is 7.28. The van der Waals surface area contributed by atoms with Gasteiger partial charge in [-0.25, -0.2) is 0 Å². The number of hydrogen-bond donors (Lipinski definition) is 0. The van der Waals surface area contributed by atoms with Gasteiger partial charge in [-0.1, -0.05) is 75.1 Å². The number of rotatable bonds is 3. The third-order valence-electron chi connectivity index (χ3n) is 2.13. The quantitative estimate of drug-likeness (QED) is 0.618. The fourth-order valence-electron chi connectivity index (χ4n) is 1.41. The highest BCUT2D eigenvalue weighted by Crippen LogP contribution is 2.11. The summed E-state index contributed by atoms with van der Waals surface area (Å²) >= 11 is 0. The molecule has 0 fully saturated rings. The lowest BCUT2D eigenvalue weighted by molar-refractivity contribution is 0.911. The van der Waals surface area contributed by atoms with E-state index in [1.807, 2.05) is 0 Å². The molecule has 0 radical (unpaired) electrons. The summed E-state index contributed by atoms with van der Waals surface area (Å²) in [7, 11) is 0. The maximum Gasteiger partial charge on any atom is -0.0257 e. The first-order valence-electron chi connectivity index (χ1n) is 6.37. The fourth-order valence-corrected chi connectivity index (χ4v) is 1.41. The van der Waals surface area contributed by atoms with Gasteiger partial charge < -0.3 is 0 Å². The minimum atomic E-state index is 1.20. The van der Waals surface area contributed by atoms with E-state index in [4.69, 9.17) is 0 Å². The topological polar surface area (TPSA) is 0 Å². The van der Waals surface area contributed by atoms with Crippen LogP contribution in [0.3, 0.4) is 0 Å². The number of benzene rings is 1. The normalized spacial score (nSPS) is 10.7. The first-order valence-corrected chi connectivity index (χ1v) is 6.37. The molecule has 0 heteroatoms. The highest BCUT2D eigenvalue weighted by atomic mass is 14.0. The molecule has 0 atom stereocenters.